The van der Waals surface area contributed by atoms with Gasteiger partial charge in [-0.2, -0.15) is 8.78 Å². The molecule has 37 heavy (non-hydrogen) atoms. The van der Waals surface area contributed by atoms with Crippen molar-refractivity contribution in [3.63, 3.8) is 0 Å². The Morgan fingerprint density at radius 1 is 1.11 bits per heavy atom. The van der Waals surface area contributed by atoms with Crippen molar-refractivity contribution in [2.45, 2.75) is 46.5 Å². The van der Waals surface area contributed by atoms with E-state index in [0.717, 1.165) is 0 Å². The zero-order valence-electron chi connectivity index (χ0n) is 20.7. The molecule has 0 N–H and O–H groups in total. The molecule has 1 aromatic heterocycles. The van der Waals surface area contributed by atoms with Gasteiger partial charge in [-0.15, -0.1) is 0 Å². The number of aromatic nitrogens is 1. The first kappa shape index (κ1) is 26.3. The molecule has 10 heteroatoms. The Bertz CT molecular complexity index is 1490. The zero-order chi connectivity index (χ0) is 26.7. The number of carbonyl (C=O) groups excluding carboxylic acids is 1. The van der Waals surface area contributed by atoms with Gasteiger partial charge in [0.25, 0.3) is 5.56 Å². The van der Waals surface area contributed by atoms with E-state index in [9.17, 15) is 18.4 Å². The summed E-state index contributed by atoms with van der Waals surface area (Å²) in [5.41, 5.74) is 1.74. The number of halogens is 2. The first-order chi connectivity index (χ1) is 17.7. The fraction of sp³-hybridized carbons (Fsp3) is 0.296. The Kier molecular flexibility index (Phi) is 7.87. The number of thiazole rings is 1. The van der Waals surface area contributed by atoms with Crippen LogP contribution >= 0.6 is 11.3 Å². The molecule has 0 radical (unpaired) electrons. The van der Waals surface area contributed by atoms with Crippen molar-refractivity contribution in [3.8, 4) is 11.5 Å². The van der Waals surface area contributed by atoms with Gasteiger partial charge in [0, 0.05) is 0 Å². The van der Waals surface area contributed by atoms with Crippen molar-refractivity contribution >= 4 is 23.4 Å². The van der Waals surface area contributed by atoms with Gasteiger partial charge in [-0.05, 0) is 69.2 Å². The van der Waals surface area contributed by atoms with Crippen LogP contribution in [0.5, 0.6) is 11.5 Å². The predicted octanol–water partition coefficient (Wildman–Crippen LogP) is 4.19. The lowest BCUT2D eigenvalue weighted by atomic mass is 9.96. The molecular formula is C27H26F2N2O5S. The minimum atomic E-state index is -2.92. The second-order valence-corrected chi connectivity index (χ2v) is 9.49. The maximum Gasteiger partial charge on any atom is 0.387 e. The fourth-order valence-corrected chi connectivity index (χ4v) is 5.03. The van der Waals surface area contributed by atoms with E-state index in [1.807, 2.05) is 19.1 Å². The van der Waals surface area contributed by atoms with Crippen molar-refractivity contribution in [2.24, 2.45) is 4.99 Å². The third-order valence-corrected chi connectivity index (χ3v) is 6.48. The number of allylic oxidation sites excluding steroid dienone is 1. The Balaban J connectivity index is 1.83. The Morgan fingerprint density at radius 3 is 2.35 bits per heavy atom. The molecule has 4 rings (SSSR count). The summed E-state index contributed by atoms with van der Waals surface area (Å²) < 4.78 is 42.2. The number of rotatable bonds is 8. The number of carbonyl (C=O) groups is 1. The molecule has 2 heterocycles. The summed E-state index contributed by atoms with van der Waals surface area (Å²) in [6.45, 7) is 4.71. The van der Waals surface area contributed by atoms with Crippen molar-refractivity contribution in [2.75, 3.05) is 6.61 Å². The summed E-state index contributed by atoms with van der Waals surface area (Å²) in [5, 5.41) is 0. The minimum absolute atomic E-state index is 0.0213. The van der Waals surface area contributed by atoms with E-state index in [2.05, 4.69) is 9.73 Å². The van der Waals surface area contributed by atoms with Crippen LogP contribution in [0.2, 0.25) is 0 Å². The van der Waals surface area contributed by atoms with Gasteiger partial charge in [-0.1, -0.05) is 35.6 Å². The van der Waals surface area contributed by atoms with Gasteiger partial charge < -0.3 is 14.2 Å². The molecule has 1 aliphatic rings. The van der Waals surface area contributed by atoms with E-state index < -0.39 is 18.6 Å². The lowest BCUT2D eigenvalue weighted by molar-refractivity contribution is -0.143. The van der Waals surface area contributed by atoms with Crippen LogP contribution < -0.4 is 24.4 Å². The van der Waals surface area contributed by atoms with Gasteiger partial charge in [-0.25, -0.2) is 9.79 Å². The molecule has 194 valence electrons. The third-order valence-electron chi connectivity index (χ3n) is 5.49. The normalized spacial score (nSPS) is 15.6. The number of alkyl halides is 2. The van der Waals surface area contributed by atoms with Crippen LogP contribution in [-0.4, -0.2) is 29.9 Å². The van der Waals surface area contributed by atoms with Crippen LogP contribution in [0.15, 0.2) is 69.6 Å². The van der Waals surface area contributed by atoms with E-state index in [1.54, 1.807) is 51.1 Å². The maximum atomic E-state index is 13.6. The molecule has 0 saturated heterocycles. The van der Waals surface area contributed by atoms with Gasteiger partial charge in [0.1, 0.15) is 11.5 Å². The minimum Gasteiger partial charge on any atom is -0.494 e. The molecule has 1 atom stereocenters. The molecule has 3 aromatic rings. The average Bonchev–Trinajstić information content (AvgIpc) is 3.13. The van der Waals surface area contributed by atoms with Crippen molar-refractivity contribution in [1.29, 1.82) is 0 Å². The summed E-state index contributed by atoms with van der Waals surface area (Å²) in [6.07, 6.45) is 1.30. The second-order valence-electron chi connectivity index (χ2n) is 8.49. The van der Waals surface area contributed by atoms with Crippen LogP contribution in [0.1, 0.15) is 44.9 Å². The van der Waals surface area contributed by atoms with Crippen molar-refractivity contribution < 1.29 is 27.8 Å². The van der Waals surface area contributed by atoms with E-state index in [4.69, 9.17) is 9.47 Å². The first-order valence-corrected chi connectivity index (χ1v) is 12.5. The molecule has 0 unspecified atom stereocenters. The van der Waals surface area contributed by atoms with Crippen molar-refractivity contribution in [3.05, 3.63) is 90.6 Å². The fourth-order valence-electron chi connectivity index (χ4n) is 3.99. The maximum absolute atomic E-state index is 13.6. The van der Waals surface area contributed by atoms with Crippen LogP contribution in [0.4, 0.5) is 8.78 Å². The largest absolute Gasteiger partial charge is 0.494 e. The smallest absolute Gasteiger partial charge is 0.387 e. The van der Waals surface area contributed by atoms with Crippen LogP contribution in [-0.2, 0) is 9.53 Å². The lowest BCUT2D eigenvalue weighted by Gasteiger charge is -2.25. The van der Waals surface area contributed by atoms with Gasteiger partial charge in [0.15, 0.2) is 4.80 Å². The molecule has 2 aromatic carbocycles. The molecular weight excluding hydrogens is 502 g/mol. The molecule has 1 aliphatic heterocycles. The second kappa shape index (κ2) is 11.1. The summed E-state index contributed by atoms with van der Waals surface area (Å²) in [4.78, 5) is 31.8. The van der Waals surface area contributed by atoms with E-state index in [0.29, 0.717) is 38.5 Å². The summed E-state index contributed by atoms with van der Waals surface area (Å²) in [7, 11) is 0. The predicted molar refractivity (Wildman–Crippen MR) is 136 cm³/mol. The van der Waals surface area contributed by atoms with Gasteiger partial charge in [-0.3, -0.25) is 9.36 Å². The number of nitrogens with zero attached hydrogens (tertiary/aromatic N) is 2. The Morgan fingerprint density at radius 2 is 1.76 bits per heavy atom. The zero-order valence-corrected chi connectivity index (χ0v) is 21.6. The number of hydrogen-bond donors (Lipinski definition) is 0. The highest BCUT2D eigenvalue weighted by Gasteiger charge is 2.33. The quantitative estimate of drug-likeness (QED) is 0.410. The third kappa shape index (κ3) is 5.80. The summed E-state index contributed by atoms with van der Waals surface area (Å²) in [5.74, 6) is 0.150. The highest BCUT2D eigenvalue weighted by atomic mass is 32.1. The lowest BCUT2D eigenvalue weighted by Crippen LogP contribution is -2.40. The van der Waals surface area contributed by atoms with Crippen LogP contribution in [0, 0.1) is 0 Å². The van der Waals surface area contributed by atoms with Crippen LogP contribution in [0.3, 0.4) is 0 Å². The molecule has 0 fully saturated rings. The topological polar surface area (TPSA) is 79.1 Å². The number of hydrogen-bond acceptors (Lipinski definition) is 7. The van der Waals surface area contributed by atoms with Gasteiger partial charge in [0.05, 0.1) is 34.6 Å². The monoisotopic (exact) mass is 528 g/mol. The molecule has 0 amide bonds. The van der Waals surface area contributed by atoms with E-state index >= 15 is 0 Å². The van der Waals surface area contributed by atoms with Gasteiger partial charge in [0.2, 0.25) is 0 Å². The number of ether oxygens (including phenoxy) is 3. The summed E-state index contributed by atoms with van der Waals surface area (Å²) >= 11 is 1.18. The molecule has 7 nitrogen and oxygen atoms in total. The van der Waals surface area contributed by atoms with E-state index in [-0.39, 0.29) is 23.0 Å². The molecule has 0 saturated carbocycles. The van der Waals surface area contributed by atoms with Crippen molar-refractivity contribution in [1.82, 2.24) is 4.57 Å². The standard InChI is InChI=1S/C27H26F2N2O5S/c1-5-34-19-12-8-18(9-13-19)23-22(25(33)35-15(2)3)16(4)30-27-31(23)24(32)21(37-27)14-17-6-10-20(11-7-17)36-26(28)29/h6-15,23,26H,5H2,1-4H3/b21-14-/t23-/m0/s1. The van der Waals surface area contributed by atoms with E-state index in [1.165, 1.54) is 28.0 Å². The number of benzene rings is 2. The first-order valence-electron chi connectivity index (χ1n) is 11.7. The van der Waals surface area contributed by atoms with Crippen LogP contribution in [0.25, 0.3) is 6.08 Å². The number of esters is 1. The SMILES string of the molecule is CCOc1ccc([C@H]2C(C(=O)OC(C)C)=C(C)N=c3s/c(=C\c4ccc(OC(F)F)cc4)c(=O)n32)cc1. The molecule has 0 spiro atoms. The number of fused-ring (bicyclic) bond motifs is 1. The highest BCUT2D eigenvalue weighted by Crippen LogP contribution is 2.32. The Hall–Kier alpha value is -3.79. The average molecular weight is 529 g/mol. The molecule has 0 bridgehead atoms. The highest BCUT2D eigenvalue weighted by molar-refractivity contribution is 7.07. The molecule has 0 aliphatic carbocycles. The summed E-state index contributed by atoms with van der Waals surface area (Å²) in [6, 6.07) is 12.4. The Labute approximate surface area is 215 Å². The van der Waals surface area contributed by atoms with Gasteiger partial charge >= 0.3 is 12.6 Å².